The van der Waals surface area contributed by atoms with Gasteiger partial charge < -0.3 is 15.5 Å². The number of rotatable bonds is 6. The van der Waals surface area contributed by atoms with E-state index in [9.17, 15) is 0 Å². The van der Waals surface area contributed by atoms with Crippen molar-refractivity contribution in [3.05, 3.63) is 41.8 Å². The van der Waals surface area contributed by atoms with Crippen LogP contribution >= 0.6 is 0 Å². The molecule has 5 nitrogen and oxygen atoms in total. The van der Waals surface area contributed by atoms with Crippen LogP contribution in [-0.2, 0) is 6.42 Å². The molecule has 0 saturated heterocycles. The molecule has 2 rings (SSSR count). The Balaban J connectivity index is 1.87. The molecule has 112 valence electrons. The second-order valence-electron chi connectivity index (χ2n) is 4.95. The molecule has 0 unspecified atom stereocenters. The predicted octanol–water partition coefficient (Wildman–Crippen LogP) is 2.51. The van der Waals surface area contributed by atoms with Crippen molar-refractivity contribution >= 4 is 5.96 Å². The van der Waals surface area contributed by atoms with Gasteiger partial charge in [-0.25, -0.2) is 4.98 Å². The highest BCUT2D eigenvalue weighted by atomic mass is 16.3. The number of benzene rings is 1. The predicted molar refractivity (Wildman–Crippen MR) is 85.2 cm³/mol. The van der Waals surface area contributed by atoms with Gasteiger partial charge in [-0.1, -0.05) is 24.6 Å². The van der Waals surface area contributed by atoms with E-state index in [-0.39, 0.29) is 0 Å². The molecule has 21 heavy (non-hydrogen) atoms. The molecule has 0 fully saturated rings. The third-order valence-electron chi connectivity index (χ3n) is 3.04. The third-order valence-corrected chi connectivity index (χ3v) is 3.04. The lowest BCUT2D eigenvalue weighted by atomic mass is 10.1. The molecular formula is C16H22N4O. The first kappa shape index (κ1) is 15.1. The van der Waals surface area contributed by atoms with Gasteiger partial charge in [0, 0.05) is 25.1 Å². The van der Waals surface area contributed by atoms with E-state index < -0.39 is 0 Å². The lowest BCUT2D eigenvalue weighted by molar-refractivity contribution is 0.572. The van der Waals surface area contributed by atoms with Crippen molar-refractivity contribution in [3.8, 4) is 11.5 Å². The number of oxazole rings is 1. The molecule has 0 amide bonds. The van der Waals surface area contributed by atoms with Crippen LogP contribution in [0.2, 0.25) is 0 Å². The number of hydrogen-bond acceptors (Lipinski definition) is 3. The Kier molecular flexibility index (Phi) is 5.37. The molecule has 0 aliphatic rings. The van der Waals surface area contributed by atoms with Gasteiger partial charge in [0.05, 0.1) is 5.69 Å². The summed E-state index contributed by atoms with van der Waals surface area (Å²) >= 11 is 0. The highest BCUT2D eigenvalue weighted by Gasteiger charge is 2.06. The van der Waals surface area contributed by atoms with Gasteiger partial charge in [0.2, 0.25) is 5.89 Å². The van der Waals surface area contributed by atoms with Gasteiger partial charge in [-0.15, -0.1) is 0 Å². The summed E-state index contributed by atoms with van der Waals surface area (Å²) in [6.45, 7) is 5.57. The van der Waals surface area contributed by atoms with Crippen LogP contribution in [-0.4, -0.2) is 24.0 Å². The SMILES string of the molecule is CCCN=C(N)NCCc1coc(-c2ccc(C)cc2)n1. The van der Waals surface area contributed by atoms with E-state index in [1.54, 1.807) is 6.26 Å². The molecule has 0 bridgehead atoms. The topological polar surface area (TPSA) is 76.4 Å². The number of nitrogens with zero attached hydrogens (tertiary/aromatic N) is 2. The van der Waals surface area contributed by atoms with Crippen molar-refractivity contribution in [2.24, 2.45) is 10.7 Å². The summed E-state index contributed by atoms with van der Waals surface area (Å²) < 4.78 is 5.51. The molecule has 0 aliphatic carbocycles. The van der Waals surface area contributed by atoms with E-state index in [4.69, 9.17) is 10.2 Å². The molecule has 0 aliphatic heterocycles. The van der Waals surface area contributed by atoms with Crippen molar-refractivity contribution in [1.29, 1.82) is 0 Å². The lowest BCUT2D eigenvalue weighted by Crippen LogP contribution is -2.33. The molecular weight excluding hydrogens is 264 g/mol. The molecule has 1 heterocycles. The molecule has 0 radical (unpaired) electrons. The average molecular weight is 286 g/mol. The Morgan fingerprint density at radius 2 is 2.10 bits per heavy atom. The molecule has 1 aromatic heterocycles. The molecule has 5 heteroatoms. The van der Waals surface area contributed by atoms with Gasteiger partial charge in [-0.05, 0) is 25.5 Å². The fourth-order valence-corrected chi connectivity index (χ4v) is 1.86. The first-order valence-corrected chi connectivity index (χ1v) is 7.24. The van der Waals surface area contributed by atoms with Crippen LogP contribution in [0, 0.1) is 6.92 Å². The highest BCUT2D eigenvalue weighted by molar-refractivity contribution is 5.77. The van der Waals surface area contributed by atoms with Crippen LogP contribution < -0.4 is 11.1 Å². The van der Waals surface area contributed by atoms with Crippen molar-refractivity contribution in [1.82, 2.24) is 10.3 Å². The summed E-state index contributed by atoms with van der Waals surface area (Å²) in [5.41, 5.74) is 8.84. The monoisotopic (exact) mass is 286 g/mol. The Morgan fingerprint density at radius 1 is 1.33 bits per heavy atom. The smallest absolute Gasteiger partial charge is 0.226 e. The quantitative estimate of drug-likeness (QED) is 0.632. The maximum atomic E-state index is 5.73. The molecule has 0 spiro atoms. The first-order valence-electron chi connectivity index (χ1n) is 7.24. The van der Waals surface area contributed by atoms with Crippen LogP contribution in [0.5, 0.6) is 0 Å². The zero-order valence-electron chi connectivity index (χ0n) is 12.6. The minimum Gasteiger partial charge on any atom is -0.444 e. The number of nitrogens with one attached hydrogen (secondary N) is 1. The van der Waals surface area contributed by atoms with E-state index >= 15 is 0 Å². The summed E-state index contributed by atoms with van der Waals surface area (Å²) in [7, 11) is 0. The normalized spacial score (nSPS) is 11.6. The maximum absolute atomic E-state index is 5.73. The van der Waals surface area contributed by atoms with Gasteiger partial charge in [-0.2, -0.15) is 0 Å². The van der Waals surface area contributed by atoms with Crippen LogP contribution in [0.4, 0.5) is 0 Å². The van der Waals surface area contributed by atoms with E-state index in [0.29, 0.717) is 18.4 Å². The van der Waals surface area contributed by atoms with E-state index in [1.165, 1.54) is 5.56 Å². The molecule has 0 atom stereocenters. The Morgan fingerprint density at radius 3 is 2.81 bits per heavy atom. The number of aliphatic imine (C=N–C) groups is 1. The van der Waals surface area contributed by atoms with Crippen molar-refractivity contribution in [2.45, 2.75) is 26.7 Å². The fraction of sp³-hybridized carbons (Fsp3) is 0.375. The summed E-state index contributed by atoms with van der Waals surface area (Å²) in [5, 5.41) is 3.07. The van der Waals surface area contributed by atoms with Crippen LogP contribution in [0.3, 0.4) is 0 Å². The number of hydrogen-bond donors (Lipinski definition) is 2. The van der Waals surface area contributed by atoms with Gasteiger partial charge in [0.25, 0.3) is 0 Å². The van der Waals surface area contributed by atoms with Crippen molar-refractivity contribution in [3.63, 3.8) is 0 Å². The fourth-order valence-electron chi connectivity index (χ4n) is 1.86. The zero-order chi connectivity index (χ0) is 15.1. The Labute approximate surface area is 125 Å². The van der Waals surface area contributed by atoms with E-state index in [1.807, 2.05) is 24.3 Å². The summed E-state index contributed by atoms with van der Waals surface area (Å²) in [6, 6.07) is 8.12. The number of aromatic nitrogens is 1. The summed E-state index contributed by atoms with van der Waals surface area (Å²) in [4.78, 5) is 8.66. The minimum absolute atomic E-state index is 0.485. The number of guanidine groups is 1. The van der Waals surface area contributed by atoms with Crippen LogP contribution in [0.15, 0.2) is 39.9 Å². The zero-order valence-corrected chi connectivity index (χ0v) is 12.6. The average Bonchev–Trinajstić information content (AvgIpc) is 2.95. The van der Waals surface area contributed by atoms with E-state index in [0.717, 1.165) is 30.6 Å². The van der Waals surface area contributed by atoms with Crippen LogP contribution in [0.1, 0.15) is 24.6 Å². The largest absolute Gasteiger partial charge is 0.444 e. The number of nitrogens with two attached hydrogens (primary N) is 1. The van der Waals surface area contributed by atoms with Gasteiger partial charge in [0.1, 0.15) is 6.26 Å². The molecule has 2 aromatic rings. The summed E-state index contributed by atoms with van der Waals surface area (Å²) in [6.07, 6.45) is 3.43. The maximum Gasteiger partial charge on any atom is 0.226 e. The molecule has 0 saturated carbocycles. The number of aryl methyl sites for hydroxylation is 1. The van der Waals surface area contributed by atoms with Crippen LogP contribution in [0.25, 0.3) is 11.5 Å². The molecule has 3 N–H and O–H groups in total. The van der Waals surface area contributed by atoms with Gasteiger partial charge in [0.15, 0.2) is 5.96 Å². The highest BCUT2D eigenvalue weighted by Crippen LogP contribution is 2.19. The van der Waals surface area contributed by atoms with Crippen molar-refractivity contribution in [2.75, 3.05) is 13.1 Å². The summed E-state index contributed by atoms with van der Waals surface area (Å²) in [5.74, 6) is 1.14. The van der Waals surface area contributed by atoms with Crippen molar-refractivity contribution < 1.29 is 4.42 Å². The first-order chi connectivity index (χ1) is 10.2. The second-order valence-corrected chi connectivity index (χ2v) is 4.95. The minimum atomic E-state index is 0.485. The second kappa shape index (κ2) is 7.47. The standard InChI is InChI=1S/C16H22N4O/c1-3-9-18-16(17)19-10-8-14-11-21-15(20-14)13-6-4-12(2)5-7-13/h4-7,11H,3,8-10H2,1-2H3,(H3,17,18,19). The Bertz CT molecular complexity index is 587. The Hall–Kier alpha value is -2.30. The van der Waals surface area contributed by atoms with E-state index in [2.05, 4.69) is 29.1 Å². The van der Waals surface area contributed by atoms with Gasteiger partial charge >= 0.3 is 0 Å². The van der Waals surface area contributed by atoms with Gasteiger partial charge in [-0.3, -0.25) is 4.99 Å². The third kappa shape index (κ3) is 4.63. The lowest BCUT2D eigenvalue weighted by Gasteiger charge is -2.03. The molecule has 1 aromatic carbocycles.